The number of hydrogen-bond donors (Lipinski definition) is 0. The van der Waals surface area contributed by atoms with Gasteiger partial charge in [-0.15, -0.1) is 0 Å². The molecule has 1 aliphatic heterocycles. The van der Waals surface area contributed by atoms with Gasteiger partial charge < -0.3 is 14.5 Å². The van der Waals surface area contributed by atoms with Crippen molar-refractivity contribution < 1.29 is 31.9 Å². The maximum Gasteiger partial charge on any atom is 0.434 e. The number of para-hydroxylation sites is 1. The molecule has 0 saturated carbocycles. The Kier molecular flexibility index (Phi) is 5.87. The molecule has 1 aliphatic rings. The second-order valence-electron chi connectivity index (χ2n) is 6.37. The minimum atomic E-state index is -4.93. The third-order valence-corrected chi connectivity index (χ3v) is 4.54. The maximum absolute atomic E-state index is 14.0. The molecule has 3 rings (SSSR count). The van der Waals surface area contributed by atoms with E-state index < -0.39 is 34.8 Å². The lowest BCUT2D eigenvalue weighted by atomic mass is 10.1. The Morgan fingerprint density at radius 1 is 1.10 bits per heavy atom. The van der Waals surface area contributed by atoms with Crippen LogP contribution in [0, 0.1) is 5.82 Å². The third-order valence-electron chi connectivity index (χ3n) is 4.54. The van der Waals surface area contributed by atoms with Crippen molar-refractivity contribution in [1.29, 1.82) is 0 Å². The van der Waals surface area contributed by atoms with Crippen molar-refractivity contribution in [3.63, 3.8) is 0 Å². The summed E-state index contributed by atoms with van der Waals surface area (Å²) in [5, 5.41) is 3.63. The van der Waals surface area contributed by atoms with Gasteiger partial charge in [-0.1, -0.05) is 12.1 Å². The van der Waals surface area contributed by atoms with Crippen molar-refractivity contribution in [1.82, 2.24) is 19.6 Å². The predicted octanol–water partition coefficient (Wildman–Crippen LogP) is 1.96. The number of benzene rings is 1. The molecule has 156 valence electrons. The van der Waals surface area contributed by atoms with Gasteiger partial charge in [-0.25, -0.2) is 9.07 Å². The molecule has 7 nitrogen and oxygen atoms in total. The van der Waals surface area contributed by atoms with E-state index in [4.69, 9.17) is 4.74 Å². The van der Waals surface area contributed by atoms with E-state index >= 15 is 0 Å². The number of hydrogen-bond acceptors (Lipinski definition) is 4. The van der Waals surface area contributed by atoms with Crippen molar-refractivity contribution in [3.8, 4) is 5.69 Å². The zero-order chi connectivity index (χ0) is 21.2. The number of carbonyl (C=O) groups is 2. The van der Waals surface area contributed by atoms with Gasteiger partial charge in [0.1, 0.15) is 18.1 Å². The van der Waals surface area contributed by atoms with Crippen LogP contribution in [-0.2, 0) is 15.7 Å². The second kappa shape index (κ2) is 8.19. The summed E-state index contributed by atoms with van der Waals surface area (Å²) in [6, 6.07) is 4.87. The lowest BCUT2D eigenvalue weighted by Gasteiger charge is -2.34. The number of carbonyl (C=O) groups excluding carboxylic acids is 2. The number of piperazine rings is 1. The Labute approximate surface area is 163 Å². The first-order chi connectivity index (χ1) is 13.7. The van der Waals surface area contributed by atoms with Crippen LogP contribution in [0.15, 0.2) is 30.5 Å². The van der Waals surface area contributed by atoms with Crippen molar-refractivity contribution in [2.75, 3.05) is 39.9 Å². The van der Waals surface area contributed by atoms with E-state index in [0.29, 0.717) is 4.68 Å². The van der Waals surface area contributed by atoms with Crippen LogP contribution in [0.3, 0.4) is 0 Å². The Hall–Kier alpha value is -2.95. The van der Waals surface area contributed by atoms with Gasteiger partial charge in [0.15, 0.2) is 5.69 Å². The molecule has 0 radical (unpaired) electrons. The fraction of sp³-hybridized carbons (Fsp3) is 0.389. The summed E-state index contributed by atoms with van der Waals surface area (Å²) in [5.74, 6) is -2.04. The zero-order valence-corrected chi connectivity index (χ0v) is 15.4. The normalized spacial score (nSPS) is 14.9. The molecule has 1 aromatic heterocycles. The van der Waals surface area contributed by atoms with Crippen LogP contribution in [0.25, 0.3) is 5.69 Å². The van der Waals surface area contributed by atoms with Crippen molar-refractivity contribution in [3.05, 3.63) is 47.5 Å². The van der Waals surface area contributed by atoms with Gasteiger partial charge in [-0.05, 0) is 12.1 Å². The number of aromatic nitrogens is 2. The molecule has 11 heteroatoms. The molecule has 2 amide bonds. The van der Waals surface area contributed by atoms with Crippen LogP contribution in [0.5, 0.6) is 0 Å². The highest BCUT2D eigenvalue weighted by atomic mass is 19.4. The molecular weight excluding hydrogens is 396 g/mol. The Bertz CT molecular complexity index is 905. The summed E-state index contributed by atoms with van der Waals surface area (Å²) >= 11 is 0. The van der Waals surface area contributed by atoms with E-state index in [2.05, 4.69) is 5.10 Å². The summed E-state index contributed by atoms with van der Waals surface area (Å²) in [6.45, 7) is 0.377. The Morgan fingerprint density at radius 3 is 2.31 bits per heavy atom. The molecule has 29 heavy (non-hydrogen) atoms. The van der Waals surface area contributed by atoms with Gasteiger partial charge in [0.05, 0.1) is 11.8 Å². The minimum Gasteiger partial charge on any atom is -0.375 e. The highest BCUT2D eigenvalue weighted by Gasteiger charge is 2.42. The van der Waals surface area contributed by atoms with Crippen molar-refractivity contribution in [2.24, 2.45) is 0 Å². The van der Waals surface area contributed by atoms with E-state index in [9.17, 15) is 27.2 Å². The highest BCUT2D eigenvalue weighted by Crippen LogP contribution is 2.34. The smallest absolute Gasteiger partial charge is 0.375 e. The first kappa shape index (κ1) is 20.8. The fourth-order valence-electron chi connectivity index (χ4n) is 3.13. The summed E-state index contributed by atoms with van der Waals surface area (Å²) in [6.07, 6.45) is -4.14. The average Bonchev–Trinajstić information content (AvgIpc) is 3.13. The molecule has 0 unspecified atom stereocenters. The van der Waals surface area contributed by atoms with Crippen LogP contribution in [0.4, 0.5) is 17.6 Å². The number of methoxy groups -OCH3 is 1. The highest BCUT2D eigenvalue weighted by molar-refractivity contribution is 5.95. The third kappa shape index (κ3) is 4.24. The molecule has 1 aromatic carbocycles. The van der Waals surface area contributed by atoms with Crippen molar-refractivity contribution >= 4 is 11.8 Å². The van der Waals surface area contributed by atoms with Crippen LogP contribution in [-0.4, -0.2) is 71.3 Å². The molecule has 0 N–H and O–H groups in total. The van der Waals surface area contributed by atoms with Gasteiger partial charge in [0, 0.05) is 33.3 Å². The first-order valence-electron chi connectivity index (χ1n) is 8.70. The Balaban J connectivity index is 1.87. The minimum absolute atomic E-state index is 0.0659. The quantitative estimate of drug-likeness (QED) is 0.718. The fourth-order valence-corrected chi connectivity index (χ4v) is 3.13. The van der Waals surface area contributed by atoms with E-state index in [-0.39, 0.29) is 38.7 Å². The summed E-state index contributed by atoms with van der Waals surface area (Å²) in [7, 11) is 1.38. The van der Waals surface area contributed by atoms with Crippen LogP contribution < -0.4 is 0 Å². The molecule has 1 fully saturated rings. The molecule has 2 aromatic rings. The average molecular weight is 414 g/mol. The largest absolute Gasteiger partial charge is 0.434 e. The molecular formula is C18H18F4N4O3. The van der Waals surface area contributed by atoms with Gasteiger partial charge in [0.25, 0.3) is 5.91 Å². The van der Waals surface area contributed by atoms with Crippen LogP contribution in [0.2, 0.25) is 0 Å². The van der Waals surface area contributed by atoms with Crippen LogP contribution >= 0.6 is 0 Å². The summed E-state index contributed by atoms with van der Waals surface area (Å²) in [4.78, 5) is 27.3. The first-order valence-corrected chi connectivity index (χ1v) is 8.70. The van der Waals surface area contributed by atoms with E-state index in [1.807, 2.05) is 0 Å². The summed E-state index contributed by atoms with van der Waals surface area (Å²) in [5.41, 5.74) is -2.42. The number of halogens is 4. The number of rotatable bonds is 4. The lowest BCUT2D eigenvalue weighted by Crippen LogP contribution is -2.51. The van der Waals surface area contributed by atoms with Crippen LogP contribution in [0.1, 0.15) is 16.1 Å². The maximum atomic E-state index is 14.0. The predicted molar refractivity (Wildman–Crippen MR) is 92.9 cm³/mol. The zero-order valence-electron chi connectivity index (χ0n) is 15.4. The standard InChI is InChI=1S/C18H18F4N4O3/c1-29-11-15(27)24-6-8-25(9-7-24)17(28)12-10-23-26(16(12)18(20,21)22)14-5-3-2-4-13(14)19/h2-5,10H,6-9,11H2,1H3. The molecule has 1 saturated heterocycles. The molecule has 0 spiro atoms. The SMILES string of the molecule is COCC(=O)N1CCN(C(=O)c2cnn(-c3ccccc3F)c2C(F)(F)F)CC1. The van der Waals surface area contributed by atoms with Crippen molar-refractivity contribution in [2.45, 2.75) is 6.18 Å². The van der Waals surface area contributed by atoms with Gasteiger partial charge in [-0.2, -0.15) is 18.3 Å². The molecule has 0 aliphatic carbocycles. The van der Waals surface area contributed by atoms with Gasteiger partial charge >= 0.3 is 6.18 Å². The van der Waals surface area contributed by atoms with E-state index in [0.717, 1.165) is 18.3 Å². The van der Waals surface area contributed by atoms with E-state index in [1.165, 1.54) is 29.0 Å². The summed E-state index contributed by atoms with van der Waals surface area (Å²) < 4.78 is 60.3. The monoisotopic (exact) mass is 414 g/mol. The number of amides is 2. The molecule has 0 bridgehead atoms. The molecule has 2 heterocycles. The van der Waals surface area contributed by atoms with E-state index in [1.54, 1.807) is 0 Å². The lowest BCUT2D eigenvalue weighted by molar-refractivity contribution is -0.143. The number of nitrogens with zero attached hydrogens (tertiary/aromatic N) is 4. The number of alkyl halides is 3. The second-order valence-corrected chi connectivity index (χ2v) is 6.37. The number of ether oxygens (including phenoxy) is 1. The van der Waals surface area contributed by atoms with Gasteiger partial charge in [-0.3, -0.25) is 9.59 Å². The topological polar surface area (TPSA) is 67.7 Å². The molecule has 0 atom stereocenters. The Morgan fingerprint density at radius 2 is 1.72 bits per heavy atom. The van der Waals surface area contributed by atoms with Gasteiger partial charge in [0.2, 0.25) is 5.91 Å².